The van der Waals surface area contributed by atoms with Crippen LogP contribution in [0.3, 0.4) is 0 Å². The van der Waals surface area contributed by atoms with Gasteiger partial charge in [-0.15, -0.1) is 0 Å². The van der Waals surface area contributed by atoms with Gasteiger partial charge in [-0.25, -0.2) is 4.98 Å². The number of hydrogen-bond acceptors (Lipinski definition) is 4. The first kappa shape index (κ1) is 20.0. The number of thioether (sulfide) groups is 1. The molecule has 0 aliphatic heterocycles. The predicted molar refractivity (Wildman–Crippen MR) is 118 cm³/mol. The van der Waals surface area contributed by atoms with Crippen LogP contribution in [0.4, 0.5) is 0 Å². The van der Waals surface area contributed by atoms with E-state index in [0.717, 1.165) is 18.4 Å². The lowest BCUT2D eigenvalue weighted by atomic mass is 10.2. The molecular weight excluding hydrogens is 406 g/mol. The number of benzene rings is 2. The summed E-state index contributed by atoms with van der Waals surface area (Å²) in [5, 5.41) is 4.81. The molecule has 1 amide bonds. The maximum absolute atomic E-state index is 13.1. The van der Waals surface area contributed by atoms with E-state index in [9.17, 15) is 9.59 Å². The largest absolute Gasteiger partial charge is 0.353 e. The summed E-state index contributed by atoms with van der Waals surface area (Å²) in [6.45, 7) is 0.351. The normalized spacial score (nSPS) is 14.4. The predicted octanol–water partition coefficient (Wildman–Crippen LogP) is 4.25. The van der Waals surface area contributed by atoms with Gasteiger partial charge in [0.25, 0.3) is 5.56 Å². The van der Waals surface area contributed by atoms with Crippen molar-refractivity contribution in [3.8, 4) is 0 Å². The minimum absolute atomic E-state index is 0.0152. The van der Waals surface area contributed by atoms with Crippen molar-refractivity contribution in [3.05, 3.63) is 69.5 Å². The quantitative estimate of drug-likeness (QED) is 0.472. The highest BCUT2D eigenvalue weighted by molar-refractivity contribution is 7.99. The van der Waals surface area contributed by atoms with E-state index in [1.54, 1.807) is 16.7 Å². The smallest absolute Gasteiger partial charge is 0.262 e. The van der Waals surface area contributed by atoms with E-state index < -0.39 is 0 Å². The van der Waals surface area contributed by atoms with Gasteiger partial charge >= 0.3 is 0 Å². The molecule has 0 bridgehead atoms. The van der Waals surface area contributed by atoms with Gasteiger partial charge in [-0.3, -0.25) is 14.2 Å². The van der Waals surface area contributed by atoms with E-state index in [4.69, 9.17) is 11.6 Å². The molecule has 7 heteroatoms. The van der Waals surface area contributed by atoms with E-state index in [2.05, 4.69) is 10.3 Å². The summed E-state index contributed by atoms with van der Waals surface area (Å²) in [7, 11) is 0. The highest BCUT2D eigenvalue weighted by Crippen LogP contribution is 2.21. The Hall–Kier alpha value is -2.31. The number of amides is 1. The van der Waals surface area contributed by atoms with Crippen LogP contribution in [0.1, 0.15) is 31.2 Å². The molecule has 1 fully saturated rings. The number of halogens is 1. The van der Waals surface area contributed by atoms with Gasteiger partial charge in [0.2, 0.25) is 5.91 Å². The summed E-state index contributed by atoms with van der Waals surface area (Å²) < 4.78 is 1.63. The molecule has 0 spiro atoms. The molecule has 3 aromatic rings. The van der Waals surface area contributed by atoms with Crippen molar-refractivity contribution in [2.45, 2.75) is 43.4 Å². The molecule has 1 aliphatic carbocycles. The summed E-state index contributed by atoms with van der Waals surface area (Å²) >= 11 is 7.41. The Morgan fingerprint density at radius 3 is 2.76 bits per heavy atom. The zero-order valence-electron chi connectivity index (χ0n) is 15.9. The number of nitrogens with zero attached hydrogens (tertiary/aromatic N) is 2. The van der Waals surface area contributed by atoms with Crippen LogP contribution in [0, 0.1) is 0 Å². The summed E-state index contributed by atoms with van der Waals surface area (Å²) in [5.41, 5.74) is 1.43. The van der Waals surface area contributed by atoms with Gasteiger partial charge in [-0.2, -0.15) is 0 Å². The fourth-order valence-corrected chi connectivity index (χ4v) is 4.71. The average molecular weight is 428 g/mol. The van der Waals surface area contributed by atoms with Crippen LogP contribution >= 0.6 is 23.4 Å². The molecule has 1 aromatic heterocycles. The van der Waals surface area contributed by atoms with Crippen LogP contribution in [-0.2, 0) is 11.3 Å². The second kappa shape index (κ2) is 9.01. The Labute approximate surface area is 178 Å². The molecule has 1 saturated carbocycles. The third kappa shape index (κ3) is 4.82. The highest BCUT2D eigenvalue weighted by atomic mass is 35.5. The lowest BCUT2D eigenvalue weighted by Gasteiger charge is -2.15. The van der Waals surface area contributed by atoms with Gasteiger partial charge in [0.05, 0.1) is 23.2 Å². The lowest BCUT2D eigenvalue weighted by Crippen LogP contribution is -2.34. The van der Waals surface area contributed by atoms with Crippen molar-refractivity contribution >= 4 is 40.2 Å². The topological polar surface area (TPSA) is 64.0 Å². The molecule has 5 nitrogen and oxygen atoms in total. The van der Waals surface area contributed by atoms with E-state index in [1.165, 1.54) is 24.6 Å². The first-order valence-corrected chi connectivity index (χ1v) is 11.1. The third-order valence-corrected chi connectivity index (χ3v) is 6.32. The zero-order chi connectivity index (χ0) is 20.2. The number of fused-ring (bicyclic) bond motifs is 1. The van der Waals surface area contributed by atoms with Crippen LogP contribution in [0.15, 0.2) is 58.5 Å². The third-order valence-electron chi connectivity index (χ3n) is 5.11. The van der Waals surface area contributed by atoms with E-state index in [1.807, 2.05) is 36.4 Å². The molecule has 0 atom stereocenters. The minimum atomic E-state index is -0.116. The molecule has 0 radical (unpaired) electrons. The molecule has 29 heavy (non-hydrogen) atoms. The Morgan fingerprint density at radius 1 is 1.17 bits per heavy atom. The fraction of sp³-hybridized carbons (Fsp3) is 0.318. The molecule has 1 heterocycles. The molecule has 4 rings (SSSR count). The van der Waals surface area contributed by atoms with Crippen molar-refractivity contribution < 1.29 is 4.79 Å². The van der Waals surface area contributed by atoms with E-state index in [0.29, 0.717) is 27.6 Å². The number of carbonyl (C=O) groups excluding carboxylic acids is 1. The number of hydrogen-bond donors (Lipinski definition) is 1. The number of para-hydroxylation sites is 1. The first-order chi connectivity index (χ1) is 14.1. The Balaban J connectivity index is 1.61. The number of rotatable bonds is 6. The molecule has 2 aromatic carbocycles. The second-order valence-corrected chi connectivity index (χ2v) is 8.65. The van der Waals surface area contributed by atoms with Crippen LogP contribution in [0.2, 0.25) is 5.02 Å². The molecule has 0 saturated heterocycles. The summed E-state index contributed by atoms with van der Waals surface area (Å²) in [5.74, 6) is 0.218. The lowest BCUT2D eigenvalue weighted by molar-refractivity contribution is -0.119. The molecular formula is C22H22ClN3O2S. The summed E-state index contributed by atoms with van der Waals surface area (Å²) in [6.07, 6.45) is 4.43. The van der Waals surface area contributed by atoms with Crippen LogP contribution < -0.4 is 10.9 Å². The number of carbonyl (C=O) groups is 1. The Kier molecular flexibility index (Phi) is 6.21. The zero-order valence-corrected chi connectivity index (χ0v) is 17.5. The fourth-order valence-electron chi connectivity index (χ4n) is 3.68. The van der Waals surface area contributed by atoms with Crippen molar-refractivity contribution in [1.29, 1.82) is 0 Å². The Morgan fingerprint density at radius 2 is 1.97 bits per heavy atom. The van der Waals surface area contributed by atoms with Gasteiger partial charge in [0, 0.05) is 11.1 Å². The van der Waals surface area contributed by atoms with Crippen molar-refractivity contribution in [2.24, 2.45) is 0 Å². The average Bonchev–Trinajstić information content (AvgIpc) is 3.22. The Bertz CT molecular complexity index is 1090. The van der Waals surface area contributed by atoms with Crippen LogP contribution in [-0.4, -0.2) is 27.3 Å². The van der Waals surface area contributed by atoms with Gasteiger partial charge in [0.1, 0.15) is 0 Å². The standard InChI is InChI=1S/C22H22ClN3O2S/c23-16-7-5-6-15(12-16)13-26-21(28)18-10-3-4-11-19(18)25-22(26)29-14-20(27)24-17-8-1-2-9-17/h3-7,10-12,17H,1-2,8-9,13-14H2,(H,24,27). The minimum Gasteiger partial charge on any atom is -0.353 e. The SMILES string of the molecule is O=C(CSc1nc2ccccc2c(=O)n1Cc1cccc(Cl)c1)NC1CCCC1. The van der Waals surface area contributed by atoms with E-state index >= 15 is 0 Å². The van der Waals surface area contributed by atoms with Gasteiger partial charge < -0.3 is 5.32 Å². The number of aromatic nitrogens is 2. The first-order valence-electron chi connectivity index (χ1n) is 9.76. The molecule has 150 valence electrons. The summed E-state index contributed by atoms with van der Waals surface area (Å²) in [4.78, 5) is 30.2. The van der Waals surface area contributed by atoms with Crippen LogP contribution in [0.5, 0.6) is 0 Å². The summed E-state index contributed by atoms with van der Waals surface area (Å²) in [6, 6.07) is 15.0. The van der Waals surface area contributed by atoms with Gasteiger partial charge in [-0.1, -0.05) is 60.5 Å². The highest BCUT2D eigenvalue weighted by Gasteiger charge is 2.18. The molecule has 1 N–H and O–H groups in total. The molecule has 0 unspecified atom stereocenters. The maximum Gasteiger partial charge on any atom is 0.262 e. The monoisotopic (exact) mass is 427 g/mol. The van der Waals surface area contributed by atoms with E-state index in [-0.39, 0.29) is 23.3 Å². The van der Waals surface area contributed by atoms with Crippen LogP contribution in [0.25, 0.3) is 10.9 Å². The van der Waals surface area contributed by atoms with Crippen molar-refractivity contribution in [1.82, 2.24) is 14.9 Å². The second-order valence-electron chi connectivity index (χ2n) is 7.27. The van der Waals surface area contributed by atoms with Gasteiger partial charge in [0.15, 0.2) is 5.16 Å². The van der Waals surface area contributed by atoms with Crippen molar-refractivity contribution in [2.75, 3.05) is 5.75 Å². The molecule has 1 aliphatic rings. The van der Waals surface area contributed by atoms with Crippen molar-refractivity contribution in [3.63, 3.8) is 0 Å². The number of nitrogens with one attached hydrogen (secondary N) is 1. The van der Waals surface area contributed by atoms with Gasteiger partial charge in [-0.05, 0) is 42.7 Å². The maximum atomic E-state index is 13.1.